The lowest BCUT2D eigenvalue weighted by Gasteiger charge is -1.77. The van der Waals surface area contributed by atoms with E-state index in [4.69, 9.17) is 0 Å². The first-order valence-corrected chi connectivity index (χ1v) is 2.38. The molecule has 0 aromatic carbocycles. The average molecular weight is 109 g/mol. The van der Waals surface area contributed by atoms with Gasteiger partial charge in [-0.1, -0.05) is 11.7 Å². The molecule has 42 valence electrons. The largest absolute Gasteiger partial charge is 0.364 e. The summed E-state index contributed by atoms with van der Waals surface area (Å²) in [6, 6.07) is 0. The van der Waals surface area contributed by atoms with Crippen molar-refractivity contribution < 1.29 is 4.52 Å². The first kappa shape index (κ1) is 5.09. The molecule has 0 saturated carbocycles. The van der Waals surface area contributed by atoms with E-state index in [0.717, 1.165) is 11.3 Å². The molecule has 0 aliphatic rings. The van der Waals surface area contributed by atoms with Crippen molar-refractivity contribution in [2.75, 3.05) is 0 Å². The maximum atomic E-state index is 4.61. The highest BCUT2D eigenvalue weighted by Crippen LogP contribution is 2.03. The topological polar surface area (TPSA) is 26.0 Å². The van der Waals surface area contributed by atoms with E-state index in [1.54, 1.807) is 12.3 Å². The molecule has 1 rings (SSSR count). The molecule has 0 bridgehead atoms. The molecule has 0 aliphatic heterocycles. The Labute approximate surface area is 47.8 Å². The third-order valence-electron chi connectivity index (χ3n) is 0.978. The van der Waals surface area contributed by atoms with Gasteiger partial charge in [-0.15, -0.1) is 0 Å². The van der Waals surface area contributed by atoms with E-state index in [2.05, 4.69) is 16.3 Å². The number of rotatable bonds is 1. The molecule has 1 heterocycles. The van der Waals surface area contributed by atoms with E-state index >= 15 is 0 Å². The SMILES string of the molecule is C=Cc1nocc1C. The van der Waals surface area contributed by atoms with Crippen LogP contribution in [0.3, 0.4) is 0 Å². The second-order valence-corrected chi connectivity index (χ2v) is 1.59. The van der Waals surface area contributed by atoms with E-state index in [-0.39, 0.29) is 0 Å². The van der Waals surface area contributed by atoms with E-state index in [9.17, 15) is 0 Å². The minimum Gasteiger partial charge on any atom is -0.364 e. The maximum Gasteiger partial charge on any atom is 0.127 e. The standard InChI is InChI=1S/C6H7NO/c1-3-6-5(2)4-8-7-6/h3-4H,1H2,2H3. The quantitative estimate of drug-likeness (QED) is 0.547. The van der Waals surface area contributed by atoms with Crippen molar-refractivity contribution in [1.29, 1.82) is 0 Å². The van der Waals surface area contributed by atoms with Crippen LogP contribution in [0, 0.1) is 6.92 Å². The first-order chi connectivity index (χ1) is 3.84. The summed E-state index contributed by atoms with van der Waals surface area (Å²) in [5.41, 5.74) is 1.85. The molecule has 0 amide bonds. The molecule has 1 aromatic rings. The summed E-state index contributed by atoms with van der Waals surface area (Å²) in [5.74, 6) is 0. The second kappa shape index (κ2) is 1.82. The van der Waals surface area contributed by atoms with Crippen molar-refractivity contribution in [3.63, 3.8) is 0 Å². The molecule has 2 nitrogen and oxygen atoms in total. The summed E-state index contributed by atoms with van der Waals surface area (Å²) in [7, 11) is 0. The van der Waals surface area contributed by atoms with Crippen LogP contribution >= 0.6 is 0 Å². The lowest BCUT2D eigenvalue weighted by molar-refractivity contribution is 0.418. The smallest absolute Gasteiger partial charge is 0.127 e. The van der Waals surface area contributed by atoms with Gasteiger partial charge < -0.3 is 4.52 Å². The summed E-state index contributed by atoms with van der Waals surface area (Å²) in [6.45, 7) is 5.47. The van der Waals surface area contributed by atoms with Gasteiger partial charge >= 0.3 is 0 Å². The summed E-state index contributed by atoms with van der Waals surface area (Å²) >= 11 is 0. The number of hydrogen-bond acceptors (Lipinski definition) is 2. The van der Waals surface area contributed by atoms with Gasteiger partial charge in [-0.05, 0) is 13.0 Å². The molecule has 0 atom stereocenters. The molecule has 1 aromatic heterocycles. The molecule has 8 heavy (non-hydrogen) atoms. The minimum absolute atomic E-state index is 0.824. The van der Waals surface area contributed by atoms with Crippen LogP contribution in [0.1, 0.15) is 11.3 Å². The number of hydrogen-bond donors (Lipinski definition) is 0. The van der Waals surface area contributed by atoms with Gasteiger partial charge in [0.25, 0.3) is 0 Å². The summed E-state index contributed by atoms with van der Waals surface area (Å²) < 4.78 is 4.61. The Morgan fingerprint density at radius 1 is 1.88 bits per heavy atom. The third kappa shape index (κ3) is 0.644. The Balaban J connectivity index is 3.09. The number of aromatic nitrogens is 1. The van der Waals surface area contributed by atoms with Crippen LogP contribution in [0.25, 0.3) is 6.08 Å². The maximum absolute atomic E-state index is 4.61. The number of nitrogens with zero attached hydrogens (tertiary/aromatic N) is 1. The van der Waals surface area contributed by atoms with Gasteiger partial charge in [-0.2, -0.15) is 0 Å². The summed E-state index contributed by atoms with van der Waals surface area (Å²) in [5, 5.41) is 3.64. The van der Waals surface area contributed by atoms with Crippen LogP contribution in [-0.2, 0) is 0 Å². The van der Waals surface area contributed by atoms with Gasteiger partial charge in [-0.3, -0.25) is 0 Å². The molecule has 0 aliphatic carbocycles. The second-order valence-electron chi connectivity index (χ2n) is 1.59. The molecule has 0 N–H and O–H groups in total. The van der Waals surface area contributed by atoms with Gasteiger partial charge in [0, 0.05) is 5.56 Å². The first-order valence-electron chi connectivity index (χ1n) is 2.38. The molecule has 2 heteroatoms. The van der Waals surface area contributed by atoms with E-state index < -0.39 is 0 Å². The Morgan fingerprint density at radius 3 is 2.88 bits per heavy atom. The predicted molar refractivity (Wildman–Crippen MR) is 31.3 cm³/mol. The van der Waals surface area contributed by atoms with Crippen LogP contribution < -0.4 is 0 Å². The fraction of sp³-hybridized carbons (Fsp3) is 0.167. The summed E-state index contributed by atoms with van der Waals surface area (Å²) in [4.78, 5) is 0. The highest BCUT2D eigenvalue weighted by Gasteiger charge is 1.93. The molecule has 0 radical (unpaired) electrons. The van der Waals surface area contributed by atoms with Crippen LogP contribution in [0.2, 0.25) is 0 Å². The fourth-order valence-corrected chi connectivity index (χ4v) is 0.493. The van der Waals surface area contributed by atoms with Crippen molar-refractivity contribution in [1.82, 2.24) is 5.16 Å². The molecule has 0 unspecified atom stereocenters. The Hall–Kier alpha value is -1.05. The zero-order chi connectivity index (χ0) is 5.98. The van der Waals surface area contributed by atoms with Crippen molar-refractivity contribution in [3.8, 4) is 0 Å². The Bertz CT molecular complexity index is 190. The monoisotopic (exact) mass is 109 g/mol. The Morgan fingerprint density at radius 2 is 2.62 bits per heavy atom. The third-order valence-corrected chi connectivity index (χ3v) is 0.978. The highest BCUT2D eigenvalue weighted by atomic mass is 16.5. The van der Waals surface area contributed by atoms with Crippen molar-refractivity contribution in [3.05, 3.63) is 24.1 Å². The predicted octanol–water partition coefficient (Wildman–Crippen LogP) is 1.63. The average Bonchev–Trinajstić information content (AvgIpc) is 2.14. The van der Waals surface area contributed by atoms with Gasteiger partial charge in [-0.25, -0.2) is 0 Å². The molecular weight excluding hydrogens is 102 g/mol. The van der Waals surface area contributed by atoms with Gasteiger partial charge in [0.2, 0.25) is 0 Å². The zero-order valence-electron chi connectivity index (χ0n) is 4.72. The Kier molecular flexibility index (Phi) is 1.16. The normalized spacial score (nSPS) is 9.12. The van der Waals surface area contributed by atoms with Crippen molar-refractivity contribution >= 4 is 6.08 Å². The van der Waals surface area contributed by atoms with Crippen molar-refractivity contribution in [2.24, 2.45) is 0 Å². The van der Waals surface area contributed by atoms with Crippen LogP contribution in [-0.4, -0.2) is 5.16 Å². The number of aryl methyl sites for hydroxylation is 1. The van der Waals surface area contributed by atoms with Crippen LogP contribution in [0.5, 0.6) is 0 Å². The van der Waals surface area contributed by atoms with E-state index in [1.165, 1.54) is 0 Å². The lowest BCUT2D eigenvalue weighted by Crippen LogP contribution is -1.70. The zero-order valence-corrected chi connectivity index (χ0v) is 4.72. The minimum atomic E-state index is 0.824. The van der Waals surface area contributed by atoms with Gasteiger partial charge in [0.05, 0.1) is 0 Å². The summed E-state index contributed by atoms with van der Waals surface area (Å²) in [6.07, 6.45) is 3.26. The van der Waals surface area contributed by atoms with Crippen LogP contribution in [0.4, 0.5) is 0 Å². The van der Waals surface area contributed by atoms with Crippen LogP contribution in [0.15, 0.2) is 17.4 Å². The van der Waals surface area contributed by atoms with E-state index in [1.807, 2.05) is 6.92 Å². The fourth-order valence-electron chi connectivity index (χ4n) is 0.493. The van der Waals surface area contributed by atoms with E-state index in [0.29, 0.717) is 0 Å². The molecule has 0 spiro atoms. The highest BCUT2D eigenvalue weighted by molar-refractivity contribution is 5.44. The van der Waals surface area contributed by atoms with Gasteiger partial charge in [0.15, 0.2) is 0 Å². The van der Waals surface area contributed by atoms with Crippen molar-refractivity contribution in [2.45, 2.75) is 6.92 Å². The molecular formula is C6H7NO. The molecule has 0 fully saturated rings. The lowest BCUT2D eigenvalue weighted by atomic mass is 10.3. The van der Waals surface area contributed by atoms with Gasteiger partial charge in [0.1, 0.15) is 12.0 Å². The molecule has 0 saturated heterocycles.